The third-order valence-corrected chi connectivity index (χ3v) is 7.71. The number of aromatic nitrogens is 2. The predicted molar refractivity (Wildman–Crippen MR) is 142 cm³/mol. The van der Waals surface area contributed by atoms with Gasteiger partial charge in [0.25, 0.3) is 11.6 Å². The Morgan fingerprint density at radius 1 is 1.21 bits per heavy atom. The van der Waals surface area contributed by atoms with Gasteiger partial charge < -0.3 is 9.64 Å². The Kier molecular flexibility index (Phi) is 8.05. The largest absolute Gasteiger partial charge is 0.437 e. The number of carbonyl (C=O) groups excluding carboxylic acids is 1. The van der Waals surface area contributed by atoms with Crippen molar-refractivity contribution >= 4 is 33.2 Å². The quantitative estimate of drug-likeness (QED) is 0.295. The maximum Gasteiger partial charge on any atom is 0.274 e. The summed E-state index contributed by atoms with van der Waals surface area (Å²) in [5.74, 6) is -0.332. The molecule has 0 radical (unpaired) electrons. The Hall–Kier alpha value is -3.48. The number of hydrogen-bond acceptors (Lipinski definition) is 7. The first-order chi connectivity index (χ1) is 18.0. The third kappa shape index (κ3) is 5.82. The highest BCUT2D eigenvalue weighted by atomic mass is 35.5. The van der Waals surface area contributed by atoms with Crippen molar-refractivity contribution < 1.29 is 22.9 Å². The average Bonchev–Trinajstić information content (AvgIpc) is 3.52. The molecule has 0 atom stereocenters. The van der Waals surface area contributed by atoms with Crippen LogP contribution in [0, 0.1) is 23.0 Å². The van der Waals surface area contributed by atoms with Crippen LogP contribution >= 0.6 is 11.6 Å². The molecule has 1 amide bonds. The van der Waals surface area contributed by atoms with Crippen molar-refractivity contribution in [1.29, 1.82) is 0 Å². The van der Waals surface area contributed by atoms with Crippen molar-refractivity contribution in [3.63, 3.8) is 0 Å². The van der Waals surface area contributed by atoms with E-state index in [2.05, 4.69) is 9.82 Å². The lowest BCUT2D eigenvalue weighted by molar-refractivity contribution is -0.385. The Labute approximate surface area is 225 Å². The van der Waals surface area contributed by atoms with Gasteiger partial charge in [-0.05, 0) is 49.9 Å². The van der Waals surface area contributed by atoms with Crippen LogP contribution in [0.5, 0.6) is 11.6 Å². The van der Waals surface area contributed by atoms with Crippen LogP contribution in [0.4, 0.5) is 5.69 Å². The van der Waals surface area contributed by atoms with E-state index in [1.807, 2.05) is 13.8 Å². The van der Waals surface area contributed by atoms with Crippen molar-refractivity contribution in [1.82, 2.24) is 19.4 Å². The van der Waals surface area contributed by atoms with Crippen LogP contribution in [-0.2, 0) is 10.0 Å². The third-order valence-electron chi connectivity index (χ3n) is 6.03. The number of hydrogen-bond donors (Lipinski definition) is 1. The fraction of sp³-hybridized carbons (Fsp3) is 0.360. The van der Waals surface area contributed by atoms with E-state index in [0.717, 1.165) is 25.0 Å². The first kappa shape index (κ1) is 27.6. The number of amides is 1. The zero-order valence-electron chi connectivity index (χ0n) is 21.2. The molecule has 0 aliphatic carbocycles. The number of nitro groups is 1. The van der Waals surface area contributed by atoms with Crippen molar-refractivity contribution in [2.24, 2.45) is 5.92 Å². The number of nitro benzene ring substituents is 1. The first-order valence-corrected chi connectivity index (χ1v) is 13.9. The molecule has 13 heteroatoms. The molecule has 1 aliphatic rings. The van der Waals surface area contributed by atoms with Gasteiger partial charge >= 0.3 is 0 Å². The molecule has 3 aromatic rings. The van der Waals surface area contributed by atoms with E-state index in [0.29, 0.717) is 29.4 Å². The van der Waals surface area contributed by atoms with E-state index in [-0.39, 0.29) is 35.7 Å². The molecular weight excluding hydrogens is 534 g/mol. The maximum absolute atomic E-state index is 13.3. The second-order valence-corrected chi connectivity index (χ2v) is 11.6. The lowest BCUT2D eigenvalue weighted by Crippen LogP contribution is -2.28. The number of benzene rings is 2. The van der Waals surface area contributed by atoms with Gasteiger partial charge in [0.05, 0.1) is 10.6 Å². The highest BCUT2D eigenvalue weighted by molar-refractivity contribution is 7.89. The standard InChI is InChI=1S/C25H28ClN5O6S/c1-16(2)15-27-38(35,36)22-14-20(31(33)34)9-10-21(22)37-25-17(3)23(24(32)29-11-4-5-12-29)28-30(25)19-8-6-7-18(26)13-19/h6-10,13-14,16,27H,4-5,11-12,15H2,1-3H3. The van der Waals surface area contributed by atoms with Crippen LogP contribution in [-0.4, -0.2) is 53.6 Å². The minimum Gasteiger partial charge on any atom is -0.437 e. The number of nitrogens with zero attached hydrogens (tertiary/aromatic N) is 4. The van der Waals surface area contributed by atoms with Crippen molar-refractivity contribution in [3.8, 4) is 17.3 Å². The van der Waals surface area contributed by atoms with Gasteiger partial charge in [0, 0.05) is 42.4 Å². The number of halogens is 1. The fourth-order valence-electron chi connectivity index (χ4n) is 4.02. The van der Waals surface area contributed by atoms with Crippen LogP contribution in [0.15, 0.2) is 47.4 Å². The van der Waals surface area contributed by atoms with Crippen LogP contribution < -0.4 is 9.46 Å². The monoisotopic (exact) mass is 561 g/mol. The van der Waals surface area contributed by atoms with Crippen LogP contribution in [0.2, 0.25) is 5.02 Å². The fourth-order valence-corrected chi connectivity index (χ4v) is 5.56. The molecule has 2 aromatic carbocycles. The summed E-state index contributed by atoms with van der Waals surface area (Å²) in [5, 5.41) is 16.4. The van der Waals surface area contributed by atoms with Gasteiger partial charge in [0.15, 0.2) is 5.69 Å². The van der Waals surface area contributed by atoms with Crippen molar-refractivity contribution in [2.75, 3.05) is 19.6 Å². The molecule has 0 bridgehead atoms. The summed E-state index contributed by atoms with van der Waals surface area (Å²) >= 11 is 6.20. The summed E-state index contributed by atoms with van der Waals surface area (Å²) < 4.78 is 36.3. The van der Waals surface area contributed by atoms with Gasteiger partial charge in [-0.25, -0.2) is 13.1 Å². The zero-order valence-corrected chi connectivity index (χ0v) is 22.8. The molecule has 0 unspecified atom stereocenters. The van der Waals surface area contributed by atoms with E-state index < -0.39 is 25.5 Å². The van der Waals surface area contributed by atoms with E-state index >= 15 is 0 Å². The molecule has 38 heavy (non-hydrogen) atoms. The van der Waals surface area contributed by atoms with Crippen LogP contribution in [0.25, 0.3) is 5.69 Å². The summed E-state index contributed by atoms with van der Waals surface area (Å²) in [7, 11) is -4.19. The molecule has 1 fully saturated rings. The lowest BCUT2D eigenvalue weighted by atomic mass is 10.2. The number of sulfonamides is 1. The van der Waals surface area contributed by atoms with Gasteiger partial charge in [-0.3, -0.25) is 14.9 Å². The van der Waals surface area contributed by atoms with Crippen molar-refractivity contribution in [2.45, 2.75) is 38.5 Å². The molecule has 1 aliphatic heterocycles. The average molecular weight is 562 g/mol. The van der Waals surface area contributed by atoms with Gasteiger partial charge in [0.1, 0.15) is 10.6 Å². The normalized spacial score (nSPS) is 13.8. The summed E-state index contributed by atoms with van der Waals surface area (Å²) in [6.45, 7) is 6.68. The Balaban J connectivity index is 1.85. The van der Waals surface area contributed by atoms with Crippen molar-refractivity contribution in [3.05, 3.63) is 68.9 Å². The number of nitrogens with one attached hydrogen (secondary N) is 1. The number of rotatable bonds is 9. The summed E-state index contributed by atoms with van der Waals surface area (Å²) in [6, 6.07) is 10.1. The van der Waals surface area contributed by atoms with Gasteiger partial charge in [-0.2, -0.15) is 9.78 Å². The topological polar surface area (TPSA) is 137 Å². The Bertz CT molecular complexity index is 1480. The Morgan fingerprint density at radius 3 is 2.55 bits per heavy atom. The minimum absolute atomic E-state index is 0.00138. The second-order valence-electron chi connectivity index (χ2n) is 9.41. The number of likely N-dealkylation sites (tertiary alicyclic amines) is 1. The number of ether oxygens (including phenoxy) is 1. The number of non-ortho nitro benzene ring substituents is 1. The van der Waals surface area contributed by atoms with Crippen LogP contribution in [0.3, 0.4) is 0 Å². The molecule has 2 heterocycles. The van der Waals surface area contributed by atoms with Gasteiger partial charge in [-0.1, -0.05) is 31.5 Å². The van der Waals surface area contributed by atoms with E-state index in [1.54, 1.807) is 36.1 Å². The predicted octanol–water partition coefficient (Wildman–Crippen LogP) is 4.70. The first-order valence-electron chi connectivity index (χ1n) is 12.1. The highest BCUT2D eigenvalue weighted by Gasteiger charge is 2.30. The SMILES string of the molecule is Cc1c(C(=O)N2CCCC2)nn(-c2cccc(Cl)c2)c1Oc1ccc([N+](=O)[O-])cc1S(=O)(=O)NCC(C)C. The second kappa shape index (κ2) is 11.1. The van der Waals surface area contributed by atoms with E-state index in [9.17, 15) is 23.3 Å². The van der Waals surface area contributed by atoms with E-state index in [1.165, 1.54) is 10.7 Å². The summed E-state index contributed by atoms with van der Waals surface area (Å²) in [4.78, 5) is 25.3. The molecule has 202 valence electrons. The van der Waals surface area contributed by atoms with Gasteiger partial charge in [-0.15, -0.1) is 0 Å². The summed E-state index contributed by atoms with van der Waals surface area (Å²) in [5.41, 5.74) is 0.623. The molecule has 0 saturated carbocycles. The molecule has 1 N–H and O–H groups in total. The molecule has 11 nitrogen and oxygen atoms in total. The highest BCUT2D eigenvalue weighted by Crippen LogP contribution is 2.36. The van der Waals surface area contributed by atoms with E-state index in [4.69, 9.17) is 16.3 Å². The molecule has 4 rings (SSSR count). The molecular formula is C25H28ClN5O6S. The summed E-state index contributed by atoms with van der Waals surface area (Å²) in [6.07, 6.45) is 1.80. The lowest BCUT2D eigenvalue weighted by Gasteiger charge is -2.15. The number of carbonyl (C=O) groups is 1. The van der Waals surface area contributed by atoms with Crippen LogP contribution in [0.1, 0.15) is 42.7 Å². The smallest absolute Gasteiger partial charge is 0.274 e. The minimum atomic E-state index is -4.19. The molecule has 1 aromatic heterocycles. The molecule has 1 saturated heterocycles. The maximum atomic E-state index is 13.3. The molecule has 0 spiro atoms. The van der Waals surface area contributed by atoms with Gasteiger partial charge in [0.2, 0.25) is 15.9 Å². The zero-order chi connectivity index (χ0) is 27.6. The Morgan fingerprint density at radius 2 is 1.92 bits per heavy atom.